The molecule has 0 unspecified atom stereocenters. The van der Waals surface area contributed by atoms with Crippen molar-refractivity contribution in [1.82, 2.24) is 5.32 Å². The molecule has 0 saturated carbocycles. The van der Waals surface area contributed by atoms with Gasteiger partial charge in [-0.1, -0.05) is 12.1 Å². The third-order valence-electron chi connectivity index (χ3n) is 3.13. The SMILES string of the molecule is O=C(NCc1ccc(C(F)(F)F)cc1)c1ccc(S(=O)(=O)Cl)cc1. The van der Waals surface area contributed by atoms with Crippen molar-refractivity contribution in [2.75, 3.05) is 0 Å². The van der Waals surface area contributed by atoms with Crippen molar-refractivity contribution in [3.8, 4) is 0 Å². The van der Waals surface area contributed by atoms with E-state index in [0.717, 1.165) is 12.1 Å². The lowest BCUT2D eigenvalue weighted by atomic mass is 10.1. The van der Waals surface area contributed by atoms with Gasteiger partial charge in [-0.2, -0.15) is 13.2 Å². The van der Waals surface area contributed by atoms with Crippen LogP contribution in [0.5, 0.6) is 0 Å². The number of alkyl halides is 3. The number of rotatable bonds is 4. The fourth-order valence-corrected chi connectivity index (χ4v) is 2.63. The van der Waals surface area contributed by atoms with Crippen LogP contribution >= 0.6 is 10.7 Å². The predicted octanol–water partition coefficient (Wildman–Crippen LogP) is 3.56. The summed E-state index contributed by atoms with van der Waals surface area (Å²) < 4.78 is 59.6. The summed E-state index contributed by atoms with van der Waals surface area (Å²) in [6.07, 6.45) is -4.41. The molecule has 0 fully saturated rings. The van der Waals surface area contributed by atoms with E-state index >= 15 is 0 Å². The van der Waals surface area contributed by atoms with Gasteiger partial charge in [0.05, 0.1) is 10.5 Å². The first kappa shape index (κ1) is 18.3. The lowest BCUT2D eigenvalue weighted by Gasteiger charge is -2.09. The molecule has 0 aliphatic carbocycles. The highest BCUT2D eigenvalue weighted by Crippen LogP contribution is 2.29. The van der Waals surface area contributed by atoms with Crippen LogP contribution in [-0.2, 0) is 21.8 Å². The van der Waals surface area contributed by atoms with Crippen LogP contribution in [0.3, 0.4) is 0 Å². The smallest absolute Gasteiger partial charge is 0.348 e. The number of hydrogen-bond acceptors (Lipinski definition) is 3. The highest BCUT2D eigenvalue weighted by atomic mass is 35.7. The Morgan fingerprint density at radius 1 is 1.00 bits per heavy atom. The summed E-state index contributed by atoms with van der Waals surface area (Å²) in [5, 5.41) is 2.53. The topological polar surface area (TPSA) is 63.2 Å². The Morgan fingerprint density at radius 2 is 1.54 bits per heavy atom. The number of amides is 1. The van der Waals surface area contributed by atoms with E-state index in [4.69, 9.17) is 10.7 Å². The van der Waals surface area contributed by atoms with Gasteiger partial charge in [0, 0.05) is 22.8 Å². The average Bonchev–Trinajstić information content (AvgIpc) is 2.51. The molecule has 0 aliphatic rings. The van der Waals surface area contributed by atoms with Crippen LogP contribution in [0.25, 0.3) is 0 Å². The van der Waals surface area contributed by atoms with Crippen molar-refractivity contribution >= 4 is 25.6 Å². The minimum absolute atomic E-state index is 0.0343. The van der Waals surface area contributed by atoms with Gasteiger partial charge in [-0.05, 0) is 42.0 Å². The van der Waals surface area contributed by atoms with Gasteiger partial charge in [-0.3, -0.25) is 4.79 Å². The quantitative estimate of drug-likeness (QED) is 0.829. The molecule has 0 heterocycles. The minimum Gasteiger partial charge on any atom is -0.348 e. The Bertz CT molecular complexity index is 832. The van der Waals surface area contributed by atoms with E-state index in [1.807, 2.05) is 0 Å². The van der Waals surface area contributed by atoms with Gasteiger partial charge in [-0.15, -0.1) is 0 Å². The third kappa shape index (κ3) is 4.72. The van der Waals surface area contributed by atoms with Crippen LogP contribution < -0.4 is 5.32 Å². The van der Waals surface area contributed by atoms with Crippen molar-refractivity contribution in [2.24, 2.45) is 0 Å². The van der Waals surface area contributed by atoms with Gasteiger partial charge < -0.3 is 5.32 Å². The van der Waals surface area contributed by atoms with E-state index in [-0.39, 0.29) is 17.0 Å². The second-order valence-electron chi connectivity index (χ2n) is 4.84. The Labute approximate surface area is 140 Å². The predicted molar refractivity (Wildman–Crippen MR) is 82.1 cm³/mol. The zero-order chi connectivity index (χ0) is 18.0. The molecule has 1 amide bonds. The molecule has 24 heavy (non-hydrogen) atoms. The van der Waals surface area contributed by atoms with E-state index in [2.05, 4.69) is 5.32 Å². The molecule has 2 rings (SSSR count). The lowest BCUT2D eigenvalue weighted by molar-refractivity contribution is -0.137. The van der Waals surface area contributed by atoms with E-state index in [1.165, 1.54) is 36.4 Å². The van der Waals surface area contributed by atoms with E-state index in [9.17, 15) is 26.4 Å². The molecule has 9 heteroatoms. The number of hydrogen-bond donors (Lipinski definition) is 1. The summed E-state index contributed by atoms with van der Waals surface area (Å²) in [6, 6.07) is 9.36. The van der Waals surface area contributed by atoms with Crippen molar-refractivity contribution in [3.63, 3.8) is 0 Å². The molecule has 2 aromatic carbocycles. The lowest BCUT2D eigenvalue weighted by Crippen LogP contribution is -2.22. The largest absolute Gasteiger partial charge is 0.416 e. The molecule has 0 saturated heterocycles. The summed E-state index contributed by atoms with van der Waals surface area (Å²) in [5.74, 6) is -0.492. The van der Waals surface area contributed by atoms with Crippen molar-refractivity contribution < 1.29 is 26.4 Å². The molecule has 0 aliphatic heterocycles. The molecule has 0 bridgehead atoms. The zero-order valence-corrected chi connectivity index (χ0v) is 13.5. The Balaban J connectivity index is 2.00. The molecular weight excluding hydrogens is 367 g/mol. The van der Waals surface area contributed by atoms with Crippen molar-refractivity contribution in [3.05, 3.63) is 65.2 Å². The summed E-state index contributed by atoms with van der Waals surface area (Å²) in [5.41, 5.74) is -0.0715. The van der Waals surface area contributed by atoms with E-state index < -0.39 is 26.7 Å². The second kappa shape index (κ2) is 6.82. The number of benzene rings is 2. The highest BCUT2D eigenvalue weighted by molar-refractivity contribution is 8.13. The molecule has 128 valence electrons. The molecule has 0 radical (unpaired) electrons. The van der Waals surface area contributed by atoms with Gasteiger partial charge in [0.1, 0.15) is 0 Å². The maximum atomic E-state index is 12.4. The summed E-state index contributed by atoms with van der Waals surface area (Å²) >= 11 is 0. The first-order chi connectivity index (χ1) is 11.1. The molecule has 1 N–H and O–H groups in total. The van der Waals surface area contributed by atoms with E-state index in [1.54, 1.807) is 0 Å². The fourth-order valence-electron chi connectivity index (χ4n) is 1.86. The van der Waals surface area contributed by atoms with Crippen LogP contribution in [0.15, 0.2) is 53.4 Å². The highest BCUT2D eigenvalue weighted by Gasteiger charge is 2.29. The van der Waals surface area contributed by atoms with E-state index in [0.29, 0.717) is 5.56 Å². The Kier molecular flexibility index (Phi) is 5.19. The monoisotopic (exact) mass is 377 g/mol. The standard InChI is InChI=1S/C15H11ClF3NO3S/c16-24(22,23)13-7-3-11(4-8-13)14(21)20-9-10-1-5-12(6-2-10)15(17,18)19/h1-8H,9H2,(H,20,21). The minimum atomic E-state index is -4.41. The third-order valence-corrected chi connectivity index (χ3v) is 4.50. The Hall–Kier alpha value is -2.06. The normalized spacial score (nSPS) is 12.0. The number of nitrogens with one attached hydrogen (secondary N) is 1. The number of carbonyl (C=O) groups is 1. The molecule has 0 aromatic heterocycles. The summed E-state index contributed by atoms with van der Waals surface area (Å²) in [7, 11) is 1.30. The molecular formula is C15H11ClF3NO3S. The first-order valence-corrected chi connectivity index (χ1v) is 8.87. The van der Waals surface area contributed by atoms with Gasteiger partial charge >= 0.3 is 6.18 Å². The molecule has 2 aromatic rings. The van der Waals surface area contributed by atoms with Gasteiger partial charge in [-0.25, -0.2) is 8.42 Å². The first-order valence-electron chi connectivity index (χ1n) is 6.56. The van der Waals surface area contributed by atoms with Crippen LogP contribution in [0.1, 0.15) is 21.5 Å². The maximum Gasteiger partial charge on any atom is 0.416 e. The molecule has 4 nitrogen and oxygen atoms in total. The van der Waals surface area contributed by atoms with Crippen LogP contribution in [0, 0.1) is 0 Å². The zero-order valence-electron chi connectivity index (χ0n) is 12.0. The van der Waals surface area contributed by atoms with Gasteiger partial charge in [0.25, 0.3) is 15.0 Å². The molecule has 0 spiro atoms. The summed E-state index contributed by atoms with van der Waals surface area (Å²) in [4.78, 5) is 11.8. The van der Waals surface area contributed by atoms with Crippen LogP contribution in [0.2, 0.25) is 0 Å². The Morgan fingerprint density at radius 3 is 2.00 bits per heavy atom. The number of halogens is 4. The fraction of sp³-hybridized carbons (Fsp3) is 0.133. The van der Waals surface area contributed by atoms with Crippen LogP contribution in [-0.4, -0.2) is 14.3 Å². The second-order valence-corrected chi connectivity index (χ2v) is 7.41. The maximum absolute atomic E-state index is 12.4. The van der Waals surface area contributed by atoms with Crippen molar-refractivity contribution in [1.29, 1.82) is 0 Å². The molecule has 0 atom stereocenters. The van der Waals surface area contributed by atoms with Gasteiger partial charge in [0.15, 0.2) is 0 Å². The van der Waals surface area contributed by atoms with Crippen molar-refractivity contribution in [2.45, 2.75) is 17.6 Å². The average molecular weight is 378 g/mol. The van der Waals surface area contributed by atoms with Crippen LogP contribution in [0.4, 0.5) is 13.2 Å². The van der Waals surface area contributed by atoms with Gasteiger partial charge in [0.2, 0.25) is 0 Å². The summed E-state index contributed by atoms with van der Waals surface area (Å²) in [6.45, 7) is 0.0343. The number of carbonyl (C=O) groups excluding carboxylic acids is 1.